The van der Waals surface area contributed by atoms with Crippen LogP contribution in [0.4, 0.5) is 10.5 Å². The van der Waals surface area contributed by atoms with Crippen LogP contribution in [0.15, 0.2) is 60.7 Å². The minimum Gasteiger partial charge on any atom is -0.462 e. The second-order valence-electron chi connectivity index (χ2n) is 8.37. The van der Waals surface area contributed by atoms with Gasteiger partial charge in [0.2, 0.25) is 5.91 Å². The molecule has 4 amide bonds. The number of ether oxygens (including phenoxy) is 1. The summed E-state index contributed by atoms with van der Waals surface area (Å²) >= 11 is 1.20. The molecule has 2 N–H and O–H groups in total. The Labute approximate surface area is 205 Å². The topological polar surface area (TPSA) is 105 Å². The van der Waals surface area contributed by atoms with Crippen molar-refractivity contribution in [3.8, 4) is 10.4 Å². The van der Waals surface area contributed by atoms with Gasteiger partial charge < -0.3 is 15.4 Å². The summed E-state index contributed by atoms with van der Waals surface area (Å²) < 4.78 is 5.16. The number of anilines is 1. The van der Waals surface area contributed by atoms with E-state index in [-0.39, 0.29) is 17.2 Å². The van der Waals surface area contributed by atoms with Gasteiger partial charge in [-0.1, -0.05) is 54.6 Å². The van der Waals surface area contributed by atoms with Crippen molar-refractivity contribution < 1.29 is 23.9 Å². The van der Waals surface area contributed by atoms with E-state index < -0.39 is 35.9 Å². The number of nitrogens with zero attached hydrogens (tertiary/aromatic N) is 1. The molecule has 9 heteroatoms. The maximum Gasteiger partial charge on any atom is 0.350 e. The minimum absolute atomic E-state index is 0.191. The van der Waals surface area contributed by atoms with Crippen LogP contribution in [0, 0.1) is 0 Å². The lowest BCUT2D eigenvalue weighted by Crippen LogP contribution is -2.43. The van der Waals surface area contributed by atoms with Crippen LogP contribution in [-0.2, 0) is 26.3 Å². The lowest BCUT2D eigenvalue weighted by atomic mass is 9.92. The molecular formula is C26H23N3O5S. The van der Waals surface area contributed by atoms with Gasteiger partial charge in [0.05, 0.1) is 12.3 Å². The Balaban J connectivity index is 1.37. The molecule has 1 saturated heterocycles. The van der Waals surface area contributed by atoms with Crippen molar-refractivity contribution in [2.45, 2.75) is 25.3 Å². The zero-order chi connectivity index (χ0) is 24.6. The fraction of sp³-hybridized carbons (Fsp3) is 0.231. The predicted molar refractivity (Wildman–Crippen MR) is 131 cm³/mol. The monoisotopic (exact) mass is 489 g/mol. The molecule has 178 valence electrons. The first-order valence-corrected chi connectivity index (χ1v) is 12.1. The third-order valence-corrected chi connectivity index (χ3v) is 7.41. The van der Waals surface area contributed by atoms with Crippen molar-refractivity contribution in [3.63, 3.8) is 0 Å². The molecule has 1 aliphatic heterocycles. The molecule has 0 saturated carbocycles. The van der Waals surface area contributed by atoms with E-state index in [4.69, 9.17) is 4.74 Å². The molecule has 2 aromatic carbocycles. The first-order valence-electron chi connectivity index (χ1n) is 11.3. The molecule has 8 nitrogen and oxygen atoms in total. The van der Waals surface area contributed by atoms with E-state index in [0.717, 1.165) is 26.5 Å². The number of esters is 1. The standard InChI is InChI=1S/C26H23N3O5S/c1-2-34-23(31)22-19(14-20(35-22)17-9-4-3-5-10-17)27-21(30)15-29-24(32)26(28-25(29)33)13-12-16-8-6-7-11-18(16)26/h3-11,14H,2,12-13,15H2,1H3,(H,27,30)(H,28,33). The predicted octanol–water partition coefficient (Wildman–Crippen LogP) is 3.92. The van der Waals surface area contributed by atoms with Gasteiger partial charge >= 0.3 is 12.0 Å². The van der Waals surface area contributed by atoms with E-state index in [1.165, 1.54) is 11.3 Å². The number of thiophene rings is 1. The highest BCUT2D eigenvalue weighted by molar-refractivity contribution is 7.18. The molecule has 3 aromatic rings. The maximum absolute atomic E-state index is 13.3. The van der Waals surface area contributed by atoms with Crippen molar-refractivity contribution in [2.75, 3.05) is 18.5 Å². The average molecular weight is 490 g/mol. The number of nitrogens with one attached hydrogen (secondary N) is 2. The third kappa shape index (κ3) is 3.97. The Morgan fingerprint density at radius 1 is 1.11 bits per heavy atom. The molecule has 0 radical (unpaired) electrons. The summed E-state index contributed by atoms with van der Waals surface area (Å²) in [5.74, 6) is -1.57. The first kappa shape index (κ1) is 22.8. The molecule has 1 unspecified atom stereocenters. The molecule has 5 rings (SSSR count). The molecular weight excluding hydrogens is 466 g/mol. The summed E-state index contributed by atoms with van der Waals surface area (Å²) in [6.07, 6.45) is 1.12. The molecule has 1 aromatic heterocycles. The summed E-state index contributed by atoms with van der Waals surface area (Å²) in [6.45, 7) is 1.43. The quantitative estimate of drug-likeness (QED) is 0.403. The molecule has 2 aliphatic rings. The van der Waals surface area contributed by atoms with E-state index in [1.54, 1.807) is 13.0 Å². The number of imide groups is 1. The van der Waals surface area contributed by atoms with E-state index in [2.05, 4.69) is 10.6 Å². The molecule has 2 heterocycles. The van der Waals surface area contributed by atoms with Crippen LogP contribution in [0.25, 0.3) is 10.4 Å². The number of carbonyl (C=O) groups is 4. The van der Waals surface area contributed by atoms with E-state index in [9.17, 15) is 19.2 Å². The van der Waals surface area contributed by atoms with Gasteiger partial charge in [-0.15, -0.1) is 11.3 Å². The summed E-state index contributed by atoms with van der Waals surface area (Å²) in [4.78, 5) is 53.5. The average Bonchev–Trinajstić information content (AvgIpc) is 3.51. The zero-order valence-corrected chi connectivity index (χ0v) is 19.8. The Hall–Kier alpha value is -3.98. The van der Waals surface area contributed by atoms with Crippen LogP contribution >= 0.6 is 11.3 Å². The van der Waals surface area contributed by atoms with Crippen LogP contribution in [0.5, 0.6) is 0 Å². The number of hydrogen-bond donors (Lipinski definition) is 2. The highest BCUT2D eigenvalue weighted by atomic mass is 32.1. The van der Waals surface area contributed by atoms with Gasteiger partial charge in [-0.3, -0.25) is 14.5 Å². The van der Waals surface area contributed by atoms with E-state index in [0.29, 0.717) is 12.8 Å². The molecule has 35 heavy (non-hydrogen) atoms. The largest absolute Gasteiger partial charge is 0.462 e. The van der Waals surface area contributed by atoms with Crippen molar-refractivity contribution >= 4 is 40.8 Å². The highest BCUT2D eigenvalue weighted by Gasteiger charge is 2.55. The Morgan fingerprint density at radius 2 is 1.86 bits per heavy atom. The highest BCUT2D eigenvalue weighted by Crippen LogP contribution is 2.41. The summed E-state index contributed by atoms with van der Waals surface area (Å²) in [6, 6.07) is 18.1. The summed E-state index contributed by atoms with van der Waals surface area (Å²) in [5, 5.41) is 5.51. The minimum atomic E-state index is -1.13. The summed E-state index contributed by atoms with van der Waals surface area (Å²) in [5.41, 5.74) is 1.83. The van der Waals surface area contributed by atoms with Crippen LogP contribution in [-0.4, -0.2) is 41.9 Å². The number of aryl methyl sites for hydroxylation is 1. The van der Waals surface area contributed by atoms with Crippen molar-refractivity contribution in [2.24, 2.45) is 0 Å². The number of carbonyl (C=O) groups excluding carboxylic acids is 4. The van der Waals surface area contributed by atoms with E-state index >= 15 is 0 Å². The molecule has 1 aliphatic carbocycles. The van der Waals surface area contributed by atoms with Crippen LogP contribution in [0.1, 0.15) is 34.1 Å². The Morgan fingerprint density at radius 3 is 2.63 bits per heavy atom. The maximum atomic E-state index is 13.3. The third-order valence-electron chi connectivity index (χ3n) is 6.25. The van der Waals surface area contributed by atoms with Gasteiger partial charge in [-0.2, -0.15) is 0 Å². The lowest BCUT2D eigenvalue weighted by Gasteiger charge is -2.22. The number of urea groups is 1. The van der Waals surface area contributed by atoms with Crippen molar-refractivity contribution in [3.05, 3.63) is 76.7 Å². The number of rotatable bonds is 6. The number of fused-ring (bicyclic) bond motifs is 2. The Bertz CT molecular complexity index is 1340. The van der Waals surface area contributed by atoms with Crippen LogP contribution in [0.3, 0.4) is 0 Å². The molecule has 1 atom stereocenters. The summed E-state index contributed by atoms with van der Waals surface area (Å²) in [7, 11) is 0. The van der Waals surface area contributed by atoms with Gasteiger partial charge in [0, 0.05) is 4.88 Å². The van der Waals surface area contributed by atoms with Gasteiger partial charge in [-0.05, 0) is 42.5 Å². The Kier molecular flexibility index (Phi) is 5.86. The van der Waals surface area contributed by atoms with E-state index in [1.807, 2.05) is 54.6 Å². The van der Waals surface area contributed by atoms with Crippen LogP contribution < -0.4 is 10.6 Å². The fourth-order valence-electron chi connectivity index (χ4n) is 4.64. The van der Waals surface area contributed by atoms with Crippen LogP contribution in [0.2, 0.25) is 0 Å². The van der Waals surface area contributed by atoms with Crippen molar-refractivity contribution in [1.82, 2.24) is 10.2 Å². The number of amides is 4. The fourth-order valence-corrected chi connectivity index (χ4v) is 5.66. The zero-order valence-electron chi connectivity index (χ0n) is 19.0. The molecule has 1 fully saturated rings. The molecule has 0 bridgehead atoms. The lowest BCUT2D eigenvalue weighted by molar-refractivity contribution is -0.134. The second kappa shape index (κ2) is 8.99. The van der Waals surface area contributed by atoms with Gasteiger partial charge in [0.15, 0.2) is 0 Å². The number of benzene rings is 2. The van der Waals surface area contributed by atoms with Gasteiger partial charge in [0.1, 0.15) is 17.0 Å². The normalized spacial score (nSPS) is 18.5. The molecule has 1 spiro atoms. The first-order chi connectivity index (χ1) is 16.9. The number of hydrogen-bond acceptors (Lipinski definition) is 6. The van der Waals surface area contributed by atoms with Crippen molar-refractivity contribution in [1.29, 1.82) is 0 Å². The SMILES string of the molecule is CCOC(=O)c1sc(-c2ccccc2)cc1NC(=O)CN1C(=O)NC2(CCc3ccccc32)C1=O. The smallest absolute Gasteiger partial charge is 0.350 e. The van der Waals surface area contributed by atoms with Gasteiger partial charge in [-0.25, -0.2) is 9.59 Å². The second-order valence-corrected chi connectivity index (χ2v) is 9.42. The van der Waals surface area contributed by atoms with Gasteiger partial charge in [0.25, 0.3) is 5.91 Å².